The Balaban J connectivity index is 2.22. The topological polar surface area (TPSA) is 68.0 Å². The van der Waals surface area contributed by atoms with Crippen LogP contribution >= 0.6 is 11.3 Å². The molecule has 0 atom stereocenters. The molecule has 18 heavy (non-hydrogen) atoms. The van der Waals surface area contributed by atoms with Crippen molar-refractivity contribution in [2.75, 3.05) is 5.32 Å². The molecular weight excluding hydrogens is 260 g/mol. The predicted octanol–water partition coefficient (Wildman–Crippen LogP) is 2.13. The summed E-state index contributed by atoms with van der Waals surface area (Å²) in [6.07, 6.45) is 1.62. The van der Waals surface area contributed by atoms with E-state index in [1.165, 1.54) is 11.3 Å². The second kappa shape index (κ2) is 5.09. The molecule has 1 aromatic carbocycles. The summed E-state index contributed by atoms with van der Waals surface area (Å²) in [6, 6.07) is 1.69. The average molecular weight is 269 g/mol. The standard InChI is InChI=1S/C11H9F2N3OS/c12-7-4-8(13)9(3-6(7)11(14)17)16-5-10-15-1-2-18-10/h1-4,16H,5H2,(H2,14,17). The SMILES string of the molecule is NC(=O)c1cc(NCc2nccs2)c(F)cc1F. The zero-order valence-electron chi connectivity index (χ0n) is 9.11. The van der Waals surface area contributed by atoms with Gasteiger partial charge in [-0.1, -0.05) is 0 Å². The van der Waals surface area contributed by atoms with Crippen LogP contribution in [0, 0.1) is 11.6 Å². The fourth-order valence-electron chi connectivity index (χ4n) is 1.38. The fraction of sp³-hybridized carbons (Fsp3) is 0.0909. The summed E-state index contributed by atoms with van der Waals surface area (Å²) >= 11 is 1.40. The van der Waals surface area contributed by atoms with E-state index in [1.54, 1.807) is 11.6 Å². The van der Waals surface area contributed by atoms with Gasteiger partial charge in [0.1, 0.15) is 16.6 Å². The zero-order valence-corrected chi connectivity index (χ0v) is 9.93. The lowest BCUT2D eigenvalue weighted by Crippen LogP contribution is -2.14. The number of anilines is 1. The van der Waals surface area contributed by atoms with E-state index >= 15 is 0 Å². The molecule has 1 aromatic heterocycles. The van der Waals surface area contributed by atoms with Gasteiger partial charge < -0.3 is 11.1 Å². The smallest absolute Gasteiger partial charge is 0.251 e. The van der Waals surface area contributed by atoms with Crippen molar-refractivity contribution in [3.8, 4) is 0 Å². The van der Waals surface area contributed by atoms with Crippen molar-refractivity contribution in [1.82, 2.24) is 4.98 Å². The van der Waals surface area contributed by atoms with Crippen LogP contribution in [0.2, 0.25) is 0 Å². The van der Waals surface area contributed by atoms with E-state index < -0.39 is 17.5 Å². The van der Waals surface area contributed by atoms with E-state index in [4.69, 9.17) is 5.73 Å². The molecule has 2 rings (SSSR count). The number of benzene rings is 1. The summed E-state index contributed by atoms with van der Waals surface area (Å²) in [4.78, 5) is 14.9. The van der Waals surface area contributed by atoms with Crippen molar-refractivity contribution in [3.05, 3.63) is 45.9 Å². The number of nitrogens with two attached hydrogens (primary N) is 1. The lowest BCUT2D eigenvalue weighted by atomic mass is 10.1. The number of nitrogens with one attached hydrogen (secondary N) is 1. The number of hydrogen-bond acceptors (Lipinski definition) is 4. The normalized spacial score (nSPS) is 10.3. The molecule has 7 heteroatoms. The lowest BCUT2D eigenvalue weighted by molar-refractivity contribution is 0.0996. The molecule has 0 saturated carbocycles. The molecule has 1 amide bonds. The third-order valence-electron chi connectivity index (χ3n) is 2.24. The summed E-state index contributed by atoms with van der Waals surface area (Å²) in [5.74, 6) is -2.70. The molecule has 0 bridgehead atoms. The number of nitrogens with zero attached hydrogens (tertiary/aromatic N) is 1. The monoisotopic (exact) mass is 269 g/mol. The molecule has 4 nitrogen and oxygen atoms in total. The molecule has 3 N–H and O–H groups in total. The third-order valence-corrected chi connectivity index (χ3v) is 3.02. The van der Waals surface area contributed by atoms with E-state index in [1.807, 2.05) is 0 Å². The molecule has 0 aliphatic rings. The van der Waals surface area contributed by atoms with Crippen LogP contribution in [0.1, 0.15) is 15.4 Å². The molecule has 1 heterocycles. The summed E-state index contributed by atoms with van der Waals surface area (Å²) in [5, 5.41) is 5.27. The molecule has 0 radical (unpaired) electrons. The van der Waals surface area contributed by atoms with E-state index in [0.717, 1.165) is 11.1 Å². The Kier molecular flexibility index (Phi) is 3.52. The van der Waals surface area contributed by atoms with Crippen molar-refractivity contribution < 1.29 is 13.6 Å². The summed E-state index contributed by atoms with van der Waals surface area (Å²) in [7, 11) is 0. The highest BCUT2D eigenvalue weighted by atomic mass is 32.1. The van der Waals surface area contributed by atoms with Gasteiger partial charge in [0.25, 0.3) is 5.91 Å². The van der Waals surface area contributed by atoms with Gasteiger partial charge in [-0.3, -0.25) is 4.79 Å². The van der Waals surface area contributed by atoms with Crippen LogP contribution in [0.3, 0.4) is 0 Å². The number of aromatic nitrogens is 1. The highest BCUT2D eigenvalue weighted by molar-refractivity contribution is 7.09. The van der Waals surface area contributed by atoms with Crippen LogP contribution in [0.15, 0.2) is 23.7 Å². The molecule has 0 aliphatic carbocycles. The molecule has 0 unspecified atom stereocenters. The highest BCUT2D eigenvalue weighted by Crippen LogP contribution is 2.20. The van der Waals surface area contributed by atoms with Gasteiger partial charge in [0.05, 0.1) is 17.8 Å². The number of amides is 1. The first-order valence-electron chi connectivity index (χ1n) is 4.99. The maximum atomic E-state index is 13.5. The molecule has 0 spiro atoms. The number of primary amides is 1. The Morgan fingerprint density at radius 2 is 2.17 bits per heavy atom. The van der Waals surface area contributed by atoms with Gasteiger partial charge in [-0.15, -0.1) is 11.3 Å². The predicted molar refractivity (Wildman–Crippen MR) is 64.3 cm³/mol. The average Bonchev–Trinajstić information content (AvgIpc) is 2.80. The maximum absolute atomic E-state index is 13.5. The second-order valence-electron chi connectivity index (χ2n) is 3.46. The fourth-order valence-corrected chi connectivity index (χ4v) is 1.94. The van der Waals surface area contributed by atoms with Crippen molar-refractivity contribution in [2.24, 2.45) is 5.73 Å². The van der Waals surface area contributed by atoms with E-state index in [2.05, 4.69) is 10.3 Å². The quantitative estimate of drug-likeness (QED) is 0.893. The number of rotatable bonds is 4. The van der Waals surface area contributed by atoms with Gasteiger partial charge in [-0.25, -0.2) is 13.8 Å². The van der Waals surface area contributed by atoms with Crippen LogP contribution in [-0.2, 0) is 6.54 Å². The zero-order chi connectivity index (χ0) is 13.1. The first-order valence-corrected chi connectivity index (χ1v) is 5.87. The van der Waals surface area contributed by atoms with Crippen LogP contribution in [0.4, 0.5) is 14.5 Å². The van der Waals surface area contributed by atoms with Crippen LogP contribution < -0.4 is 11.1 Å². The first kappa shape index (κ1) is 12.4. The third kappa shape index (κ3) is 2.62. The molecule has 94 valence electrons. The Hall–Kier alpha value is -2.02. The Morgan fingerprint density at radius 3 is 2.78 bits per heavy atom. The van der Waals surface area contributed by atoms with Crippen molar-refractivity contribution >= 4 is 22.9 Å². The van der Waals surface area contributed by atoms with Gasteiger partial charge in [0.2, 0.25) is 0 Å². The van der Waals surface area contributed by atoms with Gasteiger partial charge in [-0.05, 0) is 6.07 Å². The minimum Gasteiger partial charge on any atom is -0.376 e. The van der Waals surface area contributed by atoms with Gasteiger partial charge in [0, 0.05) is 17.6 Å². The second-order valence-corrected chi connectivity index (χ2v) is 4.43. The highest BCUT2D eigenvalue weighted by Gasteiger charge is 2.13. The summed E-state index contributed by atoms with van der Waals surface area (Å²) in [6.45, 7) is 0.290. The Bertz CT molecular complexity index is 572. The van der Waals surface area contributed by atoms with Crippen molar-refractivity contribution in [2.45, 2.75) is 6.54 Å². The largest absolute Gasteiger partial charge is 0.376 e. The lowest BCUT2D eigenvalue weighted by Gasteiger charge is -2.08. The number of carbonyl (C=O) groups excluding carboxylic acids is 1. The minimum absolute atomic E-state index is 0.0143. The summed E-state index contributed by atoms with van der Waals surface area (Å²) in [5.41, 5.74) is 4.65. The Morgan fingerprint density at radius 1 is 1.39 bits per heavy atom. The minimum atomic E-state index is -0.972. The van der Waals surface area contributed by atoms with E-state index in [9.17, 15) is 13.6 Å². The van der Waals surface area contributed by atoms with Gasteiger partial charge >= 0.3 is 0 Å². The molecule has 0 fully saturated rings. The maximum Gasteiger partial charge on any atom is 0.251 e. The van der Waals surface area contributed by atoms with E-state index in [0.29, 0.717) is 12.6 Å². The van der Waals surface area contributed by atoms with E-state index in [-0.39, 0.29) is 11.3 Å². The summed E-state index contributed by atoms with van der Waals surface area (Å²) < 4.78 is 26.7. The van der Waals surface area contributed by atoms with Crippen LogP contribution in [0.25, 0.3) is 0 Å². The number of thiazole rings is 1. The first-order chi connectivity index (χ1) is 8.58. The molecule has 0 saturated heterocycles. The number of hydrogen-bond donors (Lipinski definition) is 2. The van der Waals surface area contributed by atoms with Crippen LogP contribution in [-0.4, -0.2) is 10.9 Å². The van der Waals surface area contributed by atoms with Crippen molar-refractivity contribution in [1.29, 1.82) is 0 Å². The molecule has 2 aromatic rings. The number of halogens is 2. The van der Waals surface area contributed by atoms with Gasteiger partial charge in [-0.2, -0.15) is 0 Å². The number of carbonyl (C=O) groups is 1. The van der Waals surface area contributed by atoms with Crippen molar-refractivity contribution in [3.63, 3.8) is 0 Å². The molecular formula is C11H9F2N3OS. The molecule has 0 aliphatic heterocycles. The Labute approximate surface area is 105 Å². The van der Waals surface area contributed by atoms with Gasteiger partial charge in [0.15, 0.2) is 0 Å². The van der Waals surface area contributed by atoms with Crippen LogP contribution in [0.5, 0.6) is 0 Å².